The van der Waals surface area contributed by atoms with Gasteiger partial charge in [0.2, 0.25) is 5.82 Å². The molecule has 2 aromatic rings. The second-order valence-corrected chi connectivity index (χ2v) is 5.57. The van der Waals surface area contributed by atoms with Crippen molar-refractivity contribution in [2.24, 2.45) is 0 Å². The predicted molar refractivity (Wildman–Crippen MR) is 72.5 cm³/mol. The normalized spacial score (nSPS) is 11.9. The smallest absolute Gasteiger partial charge is 0.240 e. The molecule has 2 heterocycles. The van der Waals surface area contributed by atoms with Crippen LogP contribution >= 0.6 is 0 Å². The Morgan fingerprint density at radius 3 is 2.84 bits per heavy atom. The van der Waals surface area contributed by atoms with Crippen LogP contribution in [0.2, 0.25) is 0 Å². The van der Waals surface area contributed by atoms with Crippen LogP contribution in [-0.4, -0.2) is 32.3 Å². The fourth-order valence-corrected chi connectivity index (χ4v) is 1.68. The molecule has 2 rings (SSSR count). The summed E-state index contributed by atoms with van der Waals surface area (Å²) < 4.78 is 5.23. The molecule has 0 atom stereocenters. The van der Waals surface area contributed by atoms with Gasteiger partial charge in [-0.05, 0) is 57.5 Å². The van der Waals surface area contributed by atoms with Gasteiger partial charge in [0.05, 0.1) is 12.8 Å². The van der Waals surface area contributed by atoms with Gasteiger partial charge in [-0.15, -0.1) is 10.2 Å². The molecule has 0 aliphatic carbocycles. The van der Waals surface area contributed by atoms with E-state index in [1.807, 2.05) is 12.1 Å². The zero-order chi connectivity index (χ0) is 13.7. The summed E-state index contributed by atoms with van der Waals surface area (Å²) in [6.07, 6.45) is 3.72. The van der Waals surface area contributed by atoms with Crippen molar-refractivity contribution in [1.82, 2.24) is 25.5 Å². The van der Waals surface area contributed by atoms with E-state index in [0.717, 1.165) is 25.9 Å². The molecule has 104 valence electrons. The summed E-state index contributed by atoms with van der Waals surface area (Å²) in [6.45, 7) is 8.29. The fourth-order valence-electron chi connectivity index (χ4n) is 1.68. The van der Waals surface area contributed by atoms with E-state index in [1.54, 1.807) is 11.1 Å². The number of nitrogens with one attached hydrogen (secondary N) is 1. The minimum atomic E-state index is 0.179. The van der Waals surface area contributed by atoms with E-state index < -0.39 is 0 Å². The Bertz CT molecular complexity index is 483. The third-order valence-electron chi connectivity index (χ3n) is 2.63. The molecule has 0 unspecified atom stereocenters. The molecule has 0 aliphatic rings. The van der Waals surface area contributed by atoms with Gasteiger partial charge in [0.15, 0.2) is 5.76 Å². The number of hydrogen-bond acceptors (Lipinski definition) is 5. The molecule has 6 nitrogen and oxygen atoms in total. The molecule has 0 aliphatic heterocycles. The highest BCUT2D eigenvalue weighted by Crippen LogP contribution is 2.12. The minimum absolute atomic E-state index is 0.179. The summed E-state index contributed by atoms with van der Waals surface area (Å²) in [5, 5.41) is 15.7. The van der Waals surface area contributed by atoms with Gasteiger partial charge in [-0.2, -0.15) is 4.80 Å². The topological polar surface area (TPSA) is 68.8 Å². The van der Waals surface area contributed by atoms with E-state index in [-0.39, 0.29) is 5.54 Å². The minimum Gasteiger partial charge on any atom is -0.461 e. The predicted octanol–water partition coefficient (Wildman–Crippen LogP) is 2.10. The molecule has 0 amide bonds. The molecule has 2 aromatic heterocycles. The van der Waals surface area contributed by atoms with Crippen LogP contribution in [0.1, 0.15) is 33.6 Å². The summed E-state index contributed by atoms with van der Waals surface area (Å²) in [6, 6.07) is 3.64. The maximum absolute atomic E-state index is 5.23. The Morgan fingerprint density at radius 2 is 2.16 bits per heavy atom. The number of unbranched alkanes of at least 4 members (excludes halogenated alkanes) is 1. The highest BCUT2D eigenvalue weighted by molar-refractivity contribution is 5.43. The van der Waals surface area contributed by atoms with E-state index in [2.05, 4.69) is 41.5 Å². The monoisotopic (exact) mass is 263 g/mol. The van der Waals surface area contributed by atoms with Gasteiger partial charge in [-0.1, -0.05) is 0 Å². The van der Waals surface area contributed by atoms with Gasteiger partial charge < -0.3 is 9.73 Å². The standard InChI is InChI=1S/C13H21N5O/c1-13(2,3)14-8-4-5-9-18-16-12(15-17-18)11-7-6-10-19-11/h6-7,10,14H,4-5,8-9H2,1-3H3. The lowest BCUT2D eigenvalue weighted by molar-refractivity contribution is 0.405. The number of aromatic nitrogens is 4. The highest BCUT2D eigenvalue weighted by Gasteiger charge is 2.09. The van der Waals surface area contributed by atoms with E-state index >= 15 is 0 Å². The van der Waals surface area contributed by atoms with Crippen LogP contribution in [-0.2, 0) is 6.54 Å². The summed E-state index contributed by atoms with van der Waals surface area (Å²) in [5.74, 6) is 1.19. The first-order chi connectivity index (χ1) is 9.04. The van der Waals surface area contributed by atoms with Gasteiger partial charge in [0.1, 0.15) is 0 Å². The van der Waals surface area contributed by atoms with Crippen molar-refractivity contribution in [3.05, 3.63) is 18.4 Å². The SMILES string of the molecule is CC(C)(C)NCCCCn1nnc(-c2ccco2)n1. The molecule has 0 aromatic carbocycles. The van der Waals surface area contributed by atoms with Gasteiger partial charge >= 0.3 is 0 Å². The quantitative estimate of drug-likeness (QED) is 0.808. The number of tetrazole rings is 1. The lowest BCUT2D eigenvalue weighted by Gasteiger charge is -2.20. The molecule has 0 fully saturated rings. The lowest BCUT2D eigenvalue weighted by atomic mass is 10.1. The lowest BCUT2D eigenvalue weighted by Crippen LogP contribution is -2.36. The third kappa shape index (κ3) is 4.48. The van der Waals surface area contributed by atoms with Gasteiger partial charge in [-0.25, -0.2) is 0 Å². The molecule has 19 heavy (non-hydrogen) atoms. The first kappa shape index (κ1) is 13.7. The molecule has 1 N–H and O–H groups in total. The van der Waals surface area contributed by atoms with Crippen LogP contribution in [0.5, 0.6) is 0 Å². The van der Waals surface area contributed by atoms with Crippen LogP contribution in [0.4, 0.5) is 0 Å². The fraction of sp³-hybridized carbons (Fsp3) is 0.615. The van der Waals surface area contributed by atoms with Crippen molar-refractivity contribution in [3.63, 3.8) is 0 Å². The number of furan rings is 1. The number of aryl methyl sites for hydroxylation is 1. The Hall–Kier alpha value is -1.69. The zero-order valence-electron chi connectivity index (χ0n) is 11.8. The summed E-state index contributed by atoms with van der Waals surface area (Å²) in [7, 11) is 0. The third-order valence-corrected chi connectivity index (χ3v) is 2.63. The maximum Gasteiger partial charge on any atom is 0.240 e. The Morgan fingerprint density at radius 1 is 1.32 bits per heavy atom. The van der Waals surface area contributed by atoms with E-state index in [4.69, 9.17) is 4.42 Å². The van der Waals surface area contributed by atoms with Crippen molar-refractivity contribution < 1.29 is 4.42 Å². The largest absolute Gasteiger partial charge is 0.461 e. The molecule has 0 radical (unpaired) electrons. The van der Waals surface area contributed by atoms with Crippen LogP contribution in [0.15, 0.2) is 22.8 Å². The van der Waals surface area contributed by atoms with E-state index in [9.17, 15) is 0 Å². The molecular weight excluding hydrogens is 242 g/mol. The molecule has 0 spiro atoms. The molecule has 0 bridgehead atoms. The van der Waals surface area contributed by atoms with Crippen LogP contribution in [0, 0.1) is 0 Å². The Kier molecular flexibility index (Phi) is 4.31. The van der Waals surface area contributed by atoms with Gasteiger partial charge in [-0.3, -0.25) is 0 Å². The summed E-state index contributed by atoms with van der Waals surface area (Å²) in [4.78, 5) is 1.62. The molecule has 6 heteroatoms. The van der Waals surface area contributed by atoms with Crippen molar-refractivity contribution in [2.45, 2.75) is 45.7 Å². The maximum atomic E-state index is 5.23. The zero-order valence-corrected chi connectivity index (χ0v) is 11.8. The molecule has 0 saturated heterocycles. The van der Waals surface area contributed by atoms with E-state index in [0.29, 0.717) is 11.6 Å². The van der Waals surface area contributed by atoms with Crippen molar-refractivity contribution in [1.29, 1.82) is 0 Å². The van der Waals surface area contributed by atoms with Crippen molar-refractivity contribution in [2.75, 3.05) is 6.54 Å². The van der Waals surface area contributed by atoms with Crippen molar-refractivity contribution >= 4 is 0 Å². The van der Waals surface area contributed by atoms with Crippen molar-refractivity contribution in [3.8, 4) is 11.6 Å². The molecule has 0 saturated carbocycles. The summed E-state index contributed by atoms with van der Waals surface area (Å²) in [5.41, 5.74) is 0.179. The first-order valence-corrected chi connectivity index (χ1v) is 6.61. The number of nitrogens with zero attached hydrogens (tertiary/aromatic N) is 4. The van der Waals surface area contributed by atoms with E-state index in [1.165, 1.54) is 0 Å². The summed E-state index contributed by atoms with van der Waals surface area (Å²) >= 11 is 0. The van der Waals surface area contributed by atoms with Gasteiger partial charge in [0, 0.05) is 5.54 Å². The van der Waals surface area contributed by atoms with Crippen LogP contribution in [0.25, 0.3) is 11.6 Å². The first-order valence-electron chi connectivity index (χ1n) is 6.61. The average Bonchev–Trinajstić information content (AvgIpc) is 2.97. The second-order valence-electron chi connectivity index (χ2n) is 5.57. The average molecular weight is 263 g/mol. The Balaban J connectivity index is 1.72. The number of hydrogen-bond donors (Lipinski definition) is 1. The second kappa shape index (κ2) is 5.97. The highest BCUT2D eigenvalue weighted by atomic mass is 16.3. The molecular formula is C13H21N5O. The number of rotatable bonds is 6. The van der Waals surface area contributed by atoms with Gasteiger partial charge in [0.25, 0.3) is 0 Å². The van der Waals surface area contributed by atoms with Crippen LogP contribution in [0.3, 0.4) is 0 Å². The van der Waals surface area contributed by atoms with Crippen LogP contribution < -0.4 is 5.32 Å². The Labute approximate surface area is 113 Å².